The highest BCUT2D eigenvalue weighted by Gasteiger charge is 2.34. The molecular formula is C13H18F3NOSi. The Bertz CT molecular complexity index is 452. The van der Waals surface area contributed by atoms with Crippen LogP contribution in [0.5, 0.6) is 0 Å². The minimum atomic E-state index is -4.51. The Labute approximate surface area is 112 Å². The predicted molar refractivity (Wildman–Crippen MR) is 71.9 cm³/mol. The van der Waals surface area contributed by atoms with E-state index in [1.807, 2.05) is 0 Å². The van der Waals surface area contributed by atoms with E-state index in [9.17, 15) is 18.0 Å². The Morgan fingerprint density at radius 1 is 1.21 bits per heavy atom. The molecule has 0 saturated carbocycles. The SMILES string of the molecule is C[Si](C)(C)CCNC(=O)c1ccccc1C(F)(F)F. The van der Waals surface area contributed by atoms with Gasteiger partial charge < -0.3 is 5.32 Å². The molecule has 1 aromatic rings. The standard InChI is InChI=1S/C13H18F3NOSi/c1-19(2,3)9-8-17-12(18)10-6-4-5-7-11(10)13(14,15)16/h4-7H,8-9H2,1-3H3,(H,17,18). The van der Waals surface area contributed by atoms with Gasteiger partial charge in [-0.15, -0.1) is 0 Å². The van der Waals surface area contributed by atoms with E-state index in [1.54, 1.807) is 0 Å². The molecule has 0 aliphatic carbocycles. The van der Waals surface area contributed by atoms with Crippen molar-refractivity contribution < 1.29 is 18.0 Å². The second-order valence-corrected chi connectivity index (χ2v) is 11.2. The lowest BCUT2D eigenvalue weighted by Crippen LogP contribution is -2.32. The van der Waals surface area contributed by atoms with Crippen molar-refractivity contribution in [1.29, 1.82) is 0 Å². The summed E-state index contributed by atoms with van der Waals surface area (Å²) < 4.78 is 38.2. The zero-order valence-corrected chi connectivity index (χ0v) is 12.3. The highest BCUT2D eigenvalue weighted by Crippen LogP contribution is 2.31. The molecule has 1 rings (SSSR count). The molecule has 106 valence electrons. The summed E-state index contributed by atoms with van der Waals surface area (Å²) in [7, 11) is -1.31. The number of amides is 1. The molecule has 0 saturated heterocycles. The molecule has 1 aromatic carbocycles. The van der Waals surface area contributed by atoms with Crippen LogP contribution in [0.1, 0.15) is 15.9 Å². The van der Waals surface area contributed by atoms with E-state index in [0.29, 0.717) is 6.54 Å². The van der Waals surface area contributed by atoms with Crippen LogP contribution < -0.4 is 5.32 Å². The first-order valence-electron chi connectivity index (χ1n) is 6.06. The summed E-state index contributed by atoms with van der Waals surface area (Å²) >= 11 is 0. The molecule has 0 aliphatic heterocycles. The zero-order chi connectivity index (χ0) is 14.7. The summed E-state index contributed by atoms with van der Waals surface area (Å²) in [4.78, 5) is 11.8. The predicted octanol–water partition coefficient (Wildman–Crippen LogP) is 3.77. The van der Waals surface area contributed by atoms with Crippen molar-refractivity contribution in [1.82, 2.24) is 5.32 Å². The number of alkyl halides is 3. The van der Waals surface area contributed by atoms with E-state index in [-0.39, 0.29) is 5.56 Å². The van der Waals surface area contributed by atoms with Crippen LogP contribution in [0.3, 0.4) is 0 Å². The van der Waals surface area contributed by atoms with E-state index in [1.165, 1.54) is 18.2 Å². The molecule has 1 amide bonds. The van der Waals surface area contributed by atoms with Gasteiger partial charge >= 0.3 is 6.18 Å². The summed E-state index contributed by atoms with van der Waals surface area (Å²) in [6, 6.07) is 5.68. The molecule has 0 spiro atoms. The topological polar surface area (TPSA) is 29.1 Å². The van der Waals surface area contributed by atoms with Crippen molar-refractivity contribution in [2.75, 3.05) is 6.54 Å². The first-order valence-corrected chi connectivity index (χ1v) is 9.76. The first kappa shape index (κ1) is 15.8. The number of nitrogens with one attached hydrogen (secondary N) is 1. The minimum absolute atomic E-state index is 0.314. The summed E-state index contributed by atoms with van der Waals surface area (Å²) in [6.45, 7) is 6.84. The highest BCUT2D eigenvalue weighted by molar-refractivity contribution is 6.76. The Morgan fingerprint density at radius 2 is 1.79 bits per heavy atom. The van der Waals surface area contributed by atoms with Crippen molar-refractivity contribution in [3.63, 3.8) is 0 Å². The van der Waals surface area contributed by atoms with E-state index in [2.05, 4.69) is 25.0 Å². The van der Waals surface area contributed by atoms with Crippen LogP contribution >= 0.6 is 0 Å². The van der Waals surface area contributed by atoms with Gasteiger partial charge in [0.25, 0.3) is 5.91 Å². The fourth-order valence-corrected chi connectivity index (χ4v) is 2.45. The van der Waals surface area contributed by atoms with Gasteiger partial charge in [0.05, 0.1) is 11.1 Å². The van der Waals surface area contributed by atoms with Gasteiger partial charge in [0.1, 0.15) is 0 Å². The summed E-state index contributed by atoms with van der Waals surface area (Å²) in [5.41, 5.74) is -1.20. The van der Waals surface area contributed by atoms with Crippen molar-refractivity contribution >= 4 is 14.0 Å². The lowest BCUT2D eigenvalue weighted by molar-refractivity contribution is -0.137. The van der Waals surface area contributed by atoms with Crippen molar-refractivity contribution in [3.05, 3.63) is 35.4 Å². The minimum Gasteiger partial charge on any atom is -0.352 e. The molecule has 0 unspecified atom stereocenters. The maximum Gasteiger partial charge on any atom is 0.417 e. The molecule has 6 heteroatoms. The fraction of sp³-hybridized carbons (Fsp3) is 0.462. The number of rotatable bonds is 4. The van der Waals surface area contributed by atoms with Crippen LogP contribution in [0.25, 0.3) is 0 Å². The second kappa shape index (κ2) is 5.77. The van der Waals surface area contributed by atoms with E-state index in [4.69, 9.17) is 0 Å². The molecule has 0 bridgehead atoms. The highest BCUT2D eigenvalue weighted by atomic mass is 28.3. The molecular weight excluding hydrogens is 271 g/mol. The number of benzene rings is 1. The van der Waals surface area contributed by atoms with Crippen LogP contribution in [0.2, 0.25) is 25.7 Å². The average molecular weight is 289 g/mol. The van der Waals surface area contributed by atoms with Crippen molar-refractivity contribution in [2.24, 2.45) is 0 Å². The van der Waals surface area contributed by atoms with E-state index < -0.39 is 25.7 Å². The molecule has 0 fully saturated rings. The average Bonchev–Trinajstić information content (AvgIpc) is 2.26. The molecule has 2 nitrogen and oxygen atoms in total. The third-order valence-corrected chi connectivity index (χ3v) is 4.39. The monoisotopic (exact) mass is 289 g/mol. The van der Waals surface area contributed by atoms with Crippen LogP contribution in [0.4, 0.5) is 13.2 Å². The molecule has 19 heavy (non-hydrogen) atoms. The van der Waals surface area contributed by atoms with Gasteiger partial charge in [0, 0.05) is 14.6 Å². The maximum atomic E-state index is 12.7. The molecule has 0 aromatic heterocycles. The Morgan fingerprint density at radius 3 is 2.32 bits per heavy atom. The number of carbonyl (C=O) groups excluding carboxylic acids is 1. The Hall–Kier alpha value is -1.30. The zero-order valence-electron chi connectivity index (χ0n) is 11.3. The third-order valence-electron chi connectivity index (χ3n) is 2.64. The largest absolute Gasteiger partial charge is 0.417 e. The van der Waals surface area contributed by atoms with Gasteiger partial charge in [-0.2, -0.15) is 13.2 Å². The molecule has 0 aliphatic rings. The van der Waals surface area contributed by atoms with Gasteiger partial charge in [-0.25, -0.2) is 0 Å². The lowest BCUT2D eigenvalue weighted by atomic mass is 10.1. The summed E-state index contributed by atoms with van der Waals surface area (Å²) in [5, 5.41) is 2.56. The number of hydrogen-bond acceptors (Lipinski definition) is 1. The van der Waals surface area contributed by atoms with Crippen LogP contribution in [0, 0.1) is 0 Å². The van der Waals surface area contributed by atoms with Gasteiger partial charge in [-0.1, -0.05) is 31.8 Å². The second-order valence-electron chi connectivity index (χ2n) is 5.61. The lowest BCUT2D eigenvalue weighted by Gasteiger charge is -2.17. The van der Waals surface area contributed by atoms with E-state index in [0.717, 1.165) is 12.1 Å². The van der Waals surface area contributed by atoms with Crippen LogP contribution in [0.15, 0.2) is 24.3 Å². The number of halogens is 3. The number of hydrogen-bond donors (Lipinski definition) is 1. The summed E-state index contributed by atoms with van der Waals surface area (Å²) in [6.07, 6.45) is -4.51. The normalized spacial score (nSPS) is 12.3. The van der Waals surface area contributed by atoms with Gasteiger partial charge in [0.15, 0.2) is 0 Å². The van der Waals surface area contributed by atoms with Gasteiger partial charge in [-0.05, 0) is 18.2 Å². The summed E-state index contributed by atoms with van der Waals surface area (Å²) in [5.74, 6) is -0.661. The Kier molecular flexibility index (Phi) is 4.79. The number of carbonyl (C=O) groups is 1. The van der Waals surface area contributed by atoms with Gasteiger partial charge in [0.2, 0.25) is 0 Å². The van der Waals surface area contributed by atoms with Crippen molar-refractivity contribution in [2.45, 2.75) is 31.9 Å². The molecule has 0 radical (unpaired) electrons. The molecule has 0 atom stereocenters. The molecule has 1 N–H and O–H groups in total. The van der Waals surface area contributed by atoms with Crippen LogP contribution in [-0.4, -0.2) is 20.5 Å². The Balaban J connectivity index is 2.78. The van der Waals surface area contributed by atoms with Gasteiger partial charge in [-0.3, -0.25) is 4.79 Å². The quantitative estimate of drug-likeness (QED) is 0.840. The fourth-order valence-electron chi connectivity index (χ4n) is 1.57. The molecule has 0 heterocycles. The smallest absolute Gasteiger partial charge is 0.352 e. The van der Waals surface area contributed by atoms with Crippen LogP contribution in [-0.2, 0) is 6.18 Å². The maximum absolute atomic E-state index is 12.7. The van der Waals surface area contributed by atoms with E-state index >= 15 is 0 Å². The third kappa shape index (κ3) is 5.06. The van der Waals surface area contributed by atoms with Crippen molar-refractivity contribution in [3.8, 4) is 0 Å². The first-order chi connectivity index (χ1) is 8.61.